The van der Waals surface area contributed by atoms with Crippen LogP contribution in [0.1, 0.15) is 57.5 Å². The lowest BCUT2D eigenvalue weighted by Crippen LogP contribution is -2.17. The molecule has 1 heterocycles. The van der Waals surface area contributed by atoms with Crippen molar-refractivity contribution in [2.24, 2.45) is 0 Å². The molecule has 0 saturated carbocycles. The average molecular weight is 395 g/mol. The second-order valence-electron chi connectivity index (χ2n) is 9.33. The van der Waals surface area contributed by atoms with Gasteiger partial charge in [-0.05, 0) is 42.0 Å². The molecule has 1 aromatic heterocycles. The van der Waals surface area contributed by atoms with E-state index in [2.05, 4.69) is 65.9 Å². The number of hydrogen-bond donors (Lipinski definition) is 2. The normalized spacial score (nSPS) is 12.2. The number of hydrogen-bond acceptors (Lipinski definition) is 4. The summed E-state index contributed by atoms with van der Waals surface area (Å²) in [5, 5.41) is 15.2. The zero-order valence-corrected chi connectivity index (χ0v) is 18.7. The number of phenolic OH excluding ortho intramolecular Hbond substituents is 1. The number of anilines is 2. The molecule has 3 aromatic rings. The maximum Gasteiger partial charge on any atom is 0.187 e. The predicted octanol–water partition coefficient (Wildman–Crippen LogP) is 7.16. The van der Waals surface area contributed by atoms with Gasteiger partial charge in [0.15, 0.2) is 5.13 Å². The SMILES string of the molecule is Cc1sc(Nc2ccccc2)nc1-c1cc(C(C)(C)C)c(O)c(C(C)(C)C)c1. The van der Waals surface area contributed by atoms with Crippen LogP contribution in [0.4, 0.5) is 10.8 Å². The fraction of sp³-hybridized carbons (Fsp3) is 0.375. The van der Waals surface area contributed by atoms with Crippen LogP contribution in [0.2, 0.25) is 0 Å². The van der Waals surface area contributed by atoms with Gasteiger partial charge in [-0.3, -0.25) is 0 Å². The van der Waals surface area contributed by atoms with Crippen molar-refractivity contribution in [3.05, 3.63) is 58.5 Å². The van der Waals surface area contributed by atoms with Gasteiger partial charge in [-0.1, -0.05) is 59.7 Å². The number of benzene rings is 2. The Morgan fingerprint density at radius 1 is 0.893 bits per heavy atom. The van der Waals surface area contributed by atoms with Gasteiger partial charge < -0.3 is 10.4 Å². The van der Waals surface area contributed by atoms with Crippen LogP contribution in [0.5, 0.6) is 5.75 Å². The van der Waals surface area contributed by atoms with Crippen molar-refractivity contribution in [1.29, 1.82) is 0 Å². The van der Waals surface area contributed by atoms with E-state index in [9.17, 15) is 5.11 Å². The zero-order valence-electron chi connectivity index (χ0n) is 17.8. The van der Waals surface area contributed by atoms with Gasteiger partial charge in [0, 0.05) is 27.3 Å². The van der Waals surface area contributed by atoms with E-state index in [1.54, 1.807) is 11.3 Å². The van der Waals surface area contributed by atoms with E-state index in [-0.39, 0.29) is 10.8 Å². The number of nitrogens with one attached hydrogen (secondary N) is 1. The number of aryl methyl sites for hydroxylation is 1. The minimum absolute atomic E-state index is 0.158. The maximum absolute atomic E-state index is 11.0. The Morgan fingerprint density at radius 3 is 1.93 bits per heavy atom. The molecule has 0 aliphatic carbocycles. The molecular formula is C24H30N2OS. The highest BCUT2D eigenvalue weighted by Gasteiger charge is 2.27. The Labute approximate surface area is 172 Å². The van der Waals surface area contributed by atoms with Crippen molar-refractivity contribution in [2.75, 3.05) is 5.32 Å². The standard InChI is InChI=1S/C24H30N2OS/c1-15-20(26-22(28-15)25-17-11-9-8-10-12-17)16-13-18(23(2,3)4)21(27)19(14-16)24(5,6)7/h8-14,27H,1-7H3,(H,25,26). The molecule has 4 heteroatoms. The van der Waals surface area contributed by atoms with Gasteiger partial charge >= 0.3 is 0 Å². The predicted molar refractivity (Wildman–Crippen MR) is 121 cm³/mol. The lowest BCUT2D eigenvalue weighted by molar-refractivity contribution is 0.423. The summed E-state index contributed by atoms with van der Waals surface area (Å²) in [7, 11) is 0. The lowest BCUT2D eigenvalue weighted by Gasteiger charge is -2.28. The van der Waals surface area contributed by atoms with E-state index < -0.39 is 0 Å². The Bertz CT molecular complexity index is 941. The van der Waals surface area contributed by atoms with Crippen LogP contribution in [-0.4, -0.2) is 10.1 Å². The second-order valence-corrected chi connectivity index (χ2v) is 10.5. The second kappa shape index (κ2) is 7.25. The van der Waals surface area contributed by atoms with Crippen molar-refractivity contribution < 1.29 is 5.11 Å². The first kappa shape index (κ1) is 20.4. The van der Waals surface area contributed by atoms with E-state index in [0.717, 1.165) is 38.1 Å². The van der Waals surface area contributed by atoms with E-state index >= 15 is 0 Å². The van der Waals surface area contributed by atoms with Gasteiger partial charge in [-0.25, -0.2) is 4.98 Å². The van der Waals surface area contributed by atoms with Gasteiger partial charge in [0.2, 0.25) is 0 Å². The summed E-state index contributed by atoms with van der Waals surface area (Å²) in [5.41, 5.74) is 4.66. The van der Waals surface area contributed by atoms with Crippen molar-refractivity contribution in [3.63, 3.8) is 0 Å². The fourth-order valence-corrected chi connectivity index (χ4v) is 4.13. The Kier molecular flexibility index (Phi) is 5.28. The average Bonchev–Trinajstić information content (AvgIpc) is 2.94. The monoisotopic (exact) mass is 394 g/mol. The lowest BCUT2D eigenvalue weighted by atomic mass is 9.78. The van der Waals surface area contributed by atoms with Crippen LogP contribution >= 0.6 is 11.3 Å². The number of phenols is 1. The maximum atomic E-state index is 11.0. The Hall–Kier alpha value is -2.33. The van der Waals surface area contributed by atoms with Crippen molar-refractivity contribution in [2.45, 2.75) is 59.3 Å². The third-order valence-corrected chi connectivity index (χ3v) is 5.71. The topological polar surface area (TPSA) is 45.2 Å². The number of rotatable bonds is 3. The highest BCUT2D eigenvalue weighted by molar-refractivity contribution is 7.16. The highest BCUT2D eigenvalue weighted by Crippen LogP contribution is 2.43. The highest BCUT2D eigenvalue weighted by atomic mass is 32.1. The quantitative estimate of drug-likeness (QED) is 0.495. The third-order valence-electron chi connectivity index (χ3n) is 4.82. The number of aromatic nitrogens is 1. The number of thiazole rings is 1. The molecule has 28 heavy (non-hydrogen) atoms. The molecule has 0 radical (unpaired) electrons. The van der Waals surface area contributed by atoms with Gasteiger partial charge in [-0.15, -0.1) is 11.3 Å². The summed E-state index contributed by atoms with van der Waals surface area (Å²) < 4.78 is 0. The van der Waals surface area contributed by atoms with Gasteiger partial charge in [-0.2, -0.15) is 0 Å². The number of nitrogens with zero attached hydrogens (tertiary/aromatic N) is 1. The molecule has 2 aromatic carbocycles. The molecule has 2 N–H and O–H groups in total. The molecule has 0 aliphatic rings. The van der Waals surface area contributed by atoms with Crippen molar-refractivity contribution >= 4 is 22.2 Å². The molecule has 148 valence electrons. The zero-order chi connectivity index (χ0) is 20.7. The molecule has 0 amide bonds. The molecule has 3 nitrogen and oxygen atoms in total. The van der Waals surface area contributed by atoms with E-state index in [4.69, 9.17) is 4.98 Å². The minimum Gasteiger partial charge on any atom is -0.507 e. The number of aromatic hydroxyl groups is 1. The summed E-state index contributed by atoms with van der Waals surface area (Å²) in [4.78, 5) is 6.03. The molecule has 0 atom stereocenters. The Balaban J connectivity index is 2.11. The van der Waals surface area contributed by atoms with E-state index in [0.29, 0.717) is 5.75 Å². The summed E-state index contributed by atoms with van der Waals surface area (Å²) in [6.45, 7) is 14.9. The largest absolute Gasteiger partial charge is 0.507 e. The van der Waals surface area contributed by atoms with Crippen LogP contribution in [-0.2, 0) is 10.8 Å². The first-order valence-electron chi connectivity index (χ1n) is 9.64. The third kappa shape index (κ3) is 4.22. The first-order chi connectivity index (χ1) is 13.0. The van der Waals surface area contributed by atoms with Crippen molar-refractivity contribution in [1.82, 2.24) is 4.98 Å². The molecule has 0 fully saturated rings. The molecule has 0 saturated heterocycles. The minimum atomic E-state index is -0.158. The van der Waals surface area contributed by atoms with E-state index in [1.807, 2.05) is 30.3 Å². The van der Waals surface area contributed by atoms with E-state index in [1.165, 1.54) is 0 Å². The number of para-hydroxylation sites is 1. The summed E-state index contributed by atoms with van der Waals surface area (Å²) >= 11 is 1.65. The Morgan fingerprint density at radius 2 is 1.43 bits per heavy atom. The van der Waals surface area contributed by atoms with Gasteiger partial charge in [0.1, 0.15) is 5.75 Å². The summed E-state index contributed by atoms with van der Waals surface area (Å²) in [6, 6.07) is 14.3. The van der Waals surface area contributed by atoms with Crippen LogP contribution in [0.15, 0.2) is 42.5 Å². The van der Waals surface area contributed by atoms with Gasteiger partial charge in [0.05, 0.1) is 5.69 Å². The molecule has 0 bridgehead atoms. The summed E-state index contributed by atoms with van der Waals surface area (Å²) in [6.07, 6.45) is 0. The van der Waals surface area contributed by atoms with Gasteiger partial charge in [0.25, 0.3) is 0 Å². The first-order valence-corrected chi connectivity index (χ1v) is 10.5. The smallest absolute Gasteiger partial charge is 0.187 e. The molecule has 3 rings (SSSR count). The van der Waals surface area contributed by atoms with Crippen LogP contribution in [0.25, 0.3) is 11.3 Å². The molecule has 0 spiro atoms. The van der Waals surface area contributed by atoms with Crippen LogP contribution in [0.3, 0.4) is 0 Å². The molecular weight excluding hydrogens is 364 g/mol. The van der Waals surface area contributed by atoms with Crippen LogP contribution < -0.4 is 5.32 Å². The van der Waals surface area contributed by atoms with Crippen LogP contribution in [0, 0.1) is 6.92 Å². The van der Waals surface area contributed by atoms with Crippen molar-refractivity contribution in [3.8, 4) is 17.0 Å². The molecule has 0 unspecified atom stereocenters. The fourth-order valence-electron chi connectivity index (χ4n) is 3.28. The molecule has 0 aliphatic heterocycles. The summed E-state index contributed by atoms with van der Waals surface area (Å²) in [5.74, 6) is 0.402.